The molecule has 1 saturated carbocycles. The Labute approximate surface area is 135 Å². The maximum absolute atomic E-state index is 11.9. The number of hydrogen-bond acceptors (Lipinski definition) is 2. The molecule has 1 amide bonds. The molecule has 22 heavy (non-hydrogen) atoms. The van der Waals surface area contributed by atoms with Gasteiger partial charge in [-0.25, -0.2) is 0 Å². The van der Waals surface area contributed by atoms with Crippen LogP contribution in [0.1, 0.15) is 89.9 Å². The van der Waals surface area contributed by atoms with Crippen molar-refractivity contribution in [3.05, 3.63) is 0 Å². The molecule has 1 fully saturated rings. The highest BCUT2D eigenvalue weighted by Gasteiger charge is 2.20. The van der Waals surface area contributed by atoms with E-state index in [9.17, 15) is 9.59 Å². The minimum Gasteiger partial charge on any atom is -0.481 e. The first-order chi connectivity index (χ1) is 10.7. The standard InChI is InChI=1S/C18H33NO3/c20-17(21)14-10-5-3-1-2-4-6-11-15-19-18(22)16-12-8-7-9-13-16/h16H,1-15H2,(H,19,22)(H,20,21). The van der Waals surface area contributed by atoms with E-state index >= 15 is 0 Å². The topological polar surface area (TPSA) is 66.4 Å². The van der Waals surface area contributed by atoms with Crippen LogP contribution >= 0.6 is 0 Å². The zero-order valence-corrected chi connectivity index (χ0v) is 13.9. The fourth-order valence-corrected chi connectivity index (χ4v) is 3.18. The molecule has 128 valence electrons. The third kappa shape index (κ3) is 9.80. The van der Waals surface area contributed by atoms with Gasteiger partial charge in [0.2, 0.25) is 5.91 Å². The van der Waals surface area contributed by atoms with E-state index in [-0.39, 0.29) is 11.8 Å². The second kappa shape index (κ2) is 12.5. The molecular weight excluding hydrogens is 278 g/mol. The summed E-state index contributed by atoms with van der Waals surface area (Å²) in [5, 5.41) is 11.6. The zero-order valence-electron chi connectivity index (χ0n) is 13.9. The summed E-state index contributed by atoms with van der Waals surface area (Å²) >= 11 is 0. The van der Waals surface area contributed by atoms with Crippen molar-refractivity contribution < 1.29 is 14.7 Å². The van der Waals surface area contributed by atoms with Crippen molar-refractivity contribution in [1.29, 1.82) is 0 Å². The maximum Gasteiger partial charge on any atom is 0.303 e. The first-order valence-electron chi connectivity index (χ1n) is 9.19. The number of aliphatic carboxylic acids is 1. The molecule has 0 aromatic carbocycles. The van der Waals surface area contributed by atoms with Gasteiger partial charge in [-0.15, -0.1) is 0 Å². The SMILES string of the molecule is O=C(O)CCCCCCCCCCNC(=O)C1CCCCC1. The number of carbonyl (C=O) groups is 2. The molecule has 0 aliphatic heterocycles. The Balaban J connectivity index is 1.81. The molecule has 0 radical (unpaired) electrons. The summed E-state index contributed by atoms with van der Waals surface area (Å²) in [5.74, 6) is -0.132. The minimum absolute atomic E-state index is 0.276. The predicted octanol–water partition coefficient (Wildman–Crippen LogP) is 4.28. The summed E-state index contributed by atoms with van der Waals surface area (Å²) in [6, 6.07) is 0. The lowest BCUT2D eigenvalue weighted by Gasteiger charge is -2.20. The molecule has 0 aromatic rings. The van der Waals surface area contributed by atoms with E-state index in [1.165, 1.54) is 44.9 Å². The lowest BCUT2D eigenvalue weighted by molar-refractivity contribution is -0.137. The summed E-state index contributed by atoms with van der Waals surface area (Å²) in [6.45, 7) is 0.827. The van der Waals surface area contributed by atoms with Gasteiger partial charge in [0.1, 0.15) is 0 Å². The molecule has 0 bridgehead atoms. The Bertz CT molecular complexity index is 311. The van der Waals surface area contributed by atoms with Crippen LogP contribution in [-0.4, -0.2) is 23.5 Å². The van der Waals surface area contributed by atoms with Crippen molar-refractivity contribution in [2.75, 3.05) is 6.54 Å². The van der Waals surface area contributed by atoms with Crippen LogP contribution in [0.3, 0.4) is 0 Å². The van der Waals surface area contributed by atoms with Crippen molar-refractivity contribution in [2.24, 2.45) is 5.92 Å². The fourth-order valence-electron chi connectivity index (χ4n) is 3.18. The average Bonchev–Trinajstić information content (AvgIpc) is 2.53. The summed E-state index contributed by atoms with van der Waals surface area (Å²) < 4.78 is 0. The van der Waals surface area contributed by atoms with Crippen LogP contribution in [0.25, 0.3) is 0 Å². The van der Waals surface area contributed by atoms with Gasteiger partial charge in [-0.3, -0.25) is 9.59 Å². The van der Waals surface area contributed by atoms with E-state index in [2.05, 4.69) is 5.32 Å². The molecule has 0 unspecified atom stereocenters. The number of rotatable bonds is 12. The second-order valence-electron chi connectivity index (χ2n) is 6.60. The first kappa shape index (κ1) is 19.0. The van der Waals surface area contributed by atoms with Crippen molar-refractivity contribution >= 4 is 11.9 Å². The van der Waals surface area contributed by atoms with Crippen LogP contribution in [-0.2, 0) is 9.59 Å². The quantitative estimate of drug-likeness (QED) is 0.529. The minimum atomic E-state index is -0.685. The van der Waals surface area contributed by atoms with Gasteiger partial charge in [-0.2, -0.15) is 0 Å². The van der Waals surface area contributed by atoms with Gasteiger partial charge in [-0.05, 0) is 25.7 Å². The van der Waals surface area contributed by atoms with Crippen LogP contribution in [0.4, 0.5) is 0 Å². The van der Waals surface area contributed by atoms with Crippen LogP contribution < -0.4 is 5.32 Å². The van der Waals surface area contributed by atoms with Crippen LogP contribution in [0.15, 0.2) is 0 Å². The molecule has 0 atom stereocenters. The summed E-state index contributed by atoms with van der Waals surface area (Å²) in [6.07, 6.45) is 15.1. The smallest absolute Gasteiger partial charge is 0.303 e. The second-order valence-corrected chi connectivity index (χ2v) is 6.60. The van der Waals surface area contributed by atoms with Gasteiger partial charge in [0.25, 0.3) is 0 Å². The monoisotopic (exact) mass is 311 g/mol. The highest BCUT2D eigenvalue weighted by Crippen LogP contribution is 2.23. The van der Waals surface area contributed by atoms with Crippen LogP contribution in [0.5, 0.6) is 0 Å². The first-order valence-corrected chi connectivity index (χ1v) is 9.19. The molecule has 4 nitrogen and oxygen atoms in total. The Morgan fingerprint density at radius 2 is 1.36 bits per heavy atom. The molecular formula is C18H33NO3. The van der Waals surface area contributed by atoms with Crippen molar-refractivity contribution in [3.8, 4) is 0 Å². The van der Waals surface area contributed by atoms with Crippen molar-refractivity contribution in [2.45, 2.75) is 89.9 Å². The molecule has 1 rings (SSSR count). The van der Waals surface area contributed by atoms with Gasteiger partial charge in [0.05, 0.1) is 0 Å². The molecule has 0 saturated heterocycles. The van der Waals surface area contributed by atoms with Gasteiger partial charge in [0.15, 0.2) is 0 Å². The van der Waals surface area contributed by atoms with Crippen molar-refractivity contribution in [1.82, 2.24) is 5.32 Å². The molecule has 2 N–H and O–H groups in total. The number of amides is 1. The number of hydrogen-bond donors (Lipinski definition) is 2. The highest BCUT2D eigenvalue weighted by molar-refractivity contribution is 5.78. The third-order valence-corrected chi connectivity index (χ3v) is 4.59. The van der Waals surface area contributed by atoms with Gasteiger partial charge < -0.3 is 10.4 Å². The molecule has 1 aliphatic rings. The Morgan fingerprint density at radius 3 is 1.95 bits per heavy atom. The number of carbonyl (C=O) groups excluding carboxylic acids is 1. The Morgan fingerprint density at radius 1 is 0.818 bits per heavy atom. The van der Waals surface area contributed by atoms with E-state index in [1.54, 1.807) is 0 Å². The van der Waals surface area contributed by atoms with E-state index in [4.69, 9.17) is 5.11 Å². The van der Waals surface area contributed by atoms with Gasteiger partial charge >= 0.3 is 5.97 Å². The van der Waals surface area contributed by atoms with Crippen LogP contribution in [0.2, 0.25) is 0 Å². The lowest BCUT2D eigenvalue weighted by atomic mass is 9.88. The van der Waals surface area contributed by atoms with Gasteiger partial charge in [0, 0.05) is 18.9 Å². The summed E-state index contributed by atoms with van der Waals surface area (Å²) in [5.41, 5.74) is 0. The van der Waals surface area contributed by atoms with Crippen molar-refractivity contribution in [3.63, 3.8) is 0 Å². The molecule has 4 heteroatoms. The van der Waals surface area contributed by atoms with Crippen LogP contribution in [0, 0.1) is 5.92 Å². The highest BCUT2D eigenvalue weighted by atomic mass is 16.4. The maximum atomic E-state index is 11.9. The lowest BCUT2D eigenvalue weighted by Crippen LogP contribution is -2.32. The van der Waals surface area contributed by atoms with E-state index < -0.39 is 5.97 Å². The largest absolute Gasteiger partial charge is 0.481 e. The van der Waals surface area contributed by atoms with E-state index in [1.807, 2.05) is 0 Å². The Kier molecular flexibility index (Phi) is 10.8. The van der Waals surface area contributed by atoms with Gasteiger partial charge in [-0.1, -0.05) is 57.8 Å². The number of nitrogens with one attached hydrogen (secondary N) is 1. The van der Waals surface area contributed by atoms with E-state index in [0.717, 1.165) is 45.1 Å². The predicted molar refractivity (Wildman–Crippen MR) is 88.8 cm³/mol. The normalized spacial score (nSPS) is 15.6. The molecule has 0 spiro atoms. The summed E-state index contributed by atoms with van der Waals surface area (Å²) in [4.78, 5) is 22.3. The number of unbranched alkanes of at least 4 members (excludes halogenated alkanes) is 7. The Hall–Kier alpha value is -1.06. The summed E-state index contributed by atoms with van der Waals surface area (Å²) in [7, 11) is 0. The molecule has 0 aromatic heterocycles. The molecule has 1 aliphatic carbocycles. The fraction of sp³-hybridized carbons (Fsp3) is 0.889. The third-order valence-electron chi connectivity index (χ3n) is 4.59. The molecule has 0 heterocycles. The number of carboxylic acids is 1. The van der Waals surface area contributed by atoms with E-state index in [0.29, 0.717) is 6.42 Å². The average molecular weight is 311 g/mol. The zero-order chi connectivity index (χ0) is 16.0. The number of carboxylic acid groups (broad SMARTS) is 1.